The Balaban J connectivity index is 1.47. The quantitative estimate of drug-likeness (QED) is 0.424. The number of hydrogen-bond acceptors (Lipinski definition) is 3. The van der Waals surface area contributed by atoms with E-state index in [-0.39, 0.29) is 35.5 Å². The Kier molecular flexibility index (Phi) is 4.54. The maximum atomic E-state index is 13.6. The van der Waals surface area contributed by atoms with Crippen molar-refractivity contribution in [2.45, 2.75) is 0 Å². The van der Waals surface area contributed by atoms with Crippen LogP contribution in [0.15, 0.2) is 103 Å². The molecule has 2 amide bonds. The molecule has 0 radical (unpaired) electrons. The molecule has 162 valence electrons. The summed E-state index contributed by atoms with van der Waals surface area (Å²) in [5.74, 6) is -0.499. The number of carbonyl (C=O) groups excluding carboxylic acids is 2. The number of rotatable bonds is 4. The topological polar surface area (TPSA) is 46.6 Å². The van der Waals surface area contributed by atoms with Crippen LogP contribution < -0.4 is 9.64 Å². The van der Waals surface area contributed by atoms with Crippen LogP contribution >= 0.6 is 0 Å². The molecule has 6 rings (SSSR count). The average molecular weight is 434 g/mol. The summed E-state index contributed by atoms with van der Waals surface area (Å²) in [5.41, 5.74) is 5.13. The largest absolute Gasteiger partial charge is 0.497 e. The maximum Gasteiger partial charge on any atom is 0.238 e. The van der Waals surface area contributed by atoms with Crippen LogP contribution in [0.1, 0.15) is 11.1 Å². The number of ether oxygens (including phenoxy) is 1. The number of nitrogens with zero attached hydrogens (tertiary/aromatic N) is 1. The van der Waals surface area contributed by atoms with Crippen molar-refractivity contribution in [1.29, 1.82) is 0 Å². The van der Waals surface area contributed by atoms with Gasteiger partial charge in [-0.2, -0.15) is 0 Å². The van der Waals surface area contributed by atoms with Gasteiger partial charge >= 0.3 is 0 Å². The molecule has 3 aliphatic rings. The molecule has 2 bridgehead atoms. The van der Waals surface area contributed by atoms with Crippen LogP contribution in [0.3, 0.4) is 0 Å². The lowest BCUT2D eigenvalue weighted by Gasteiger charge is -2.22. The lowest BCUT2D eigenvalue weighted by atomic mass is 9.85. The number of amides is 2. The highest BCUT2D eigenvalue weighted by molar-refractivity contribution is 6.23. The third kappa shape index (κ3) is 2.91. The summed E-state index contributed by atoms with van der Waals surface area (Å²) < 4.78 is 5.31. The SMILES string of the molecule is COc1cccc(N2C(=O)[C@@H]3[C@@H](C2=O)[C@H]2C=C[C@H]3C2=C(c2ccccc2)c2ccccc2)c1. The summed E-state index contributed by atoms with van der Waals surface area (Å²) in [6, 6.07) is 27.7. The Morgan fingerprint density at radius 1 is 0.727 bits per heavy atom. The highest BCUT2D eigenvalue weighted by atomic mass is 16.5. The maximum absolute atomic E-state index is 13.6. The Bertz CT molecular complexity index is 1230. The van der Waals surface area contributed by atoms with Crippen LogP contribution in [-0.4, -0.2) is 18.9 Å². The van der Waals surface area contributed by atoms with Crippen molar-refractivity contribution < 1.29 is 14.3 Å². The molecule has 0 spiro atoms. The van der Waals surface area contributed by atoms with E-state index >= 15 is 0 Å². The standard InChI is InChI=1S/C29H23NO3/c1-33-21-14-8-13-20(17-21)30-28(31)26-22-15-16-23(27(26)29(30)32)25(22)24(18-9-4-2-5-10-18)19-11-6-3-7-12-19/h2-17,22-23,26-27H,1H3/t22-,23-,26-,27-/m0/s1. The molecule has 33 heavy (non-hydrogen) atoms. The van der Waals surface area contributed by atoms with Gasteiger partial charge in [0.2, 0.25) is 11.8 Å². The number of hydrogen-bond donors (Lipinski definition) is 0. The van der Waals surface area contributed by atoms with Gasteiger partial charge in [0.1, 0.15) is 5.75 Å². The van der Waals surface area contributed by atoms with E-state index in [4.69, 9.17) is 4.74 Å². The number of anilines is 1. The molecule has 3 aromatic rings. The van der Waals surface area contributed by atoms with Crippen LogP contribution in [0.5, 0.6) is 5.75 Å². The summed E-state index contributed by atoms with van der Waals surface area (Å²) in [4.78, 5) is 28.6. The number of fused-ring (bicyclic) bond motifs is 5. The molecule has 2 fully saturated rings. The second-order valence-electron chi connectivity index (χ2n) is 8.76. The molecule has 3 aromatic carbocycles. The molecule has 4 heteroatoms. The van der Waals surface area contributed by atoms with Crippen molar-refractivity contribution in [3.63, 3.8) is 0 Å². The molecule has 1 saturated carbocycles. The van der Waals surface area contributed by atoms with Gasteiger partial charge in [-0.15, -0.1) is 0 Å². The fourth-order valence-electron chi connectivity index (χ4n) is 5.81. The lowest BCUT2D eigenvalue weighted by Crippen LogP contribution is -2.33. The summed E-state index contributed by atoms with van der Waals surface area (Å²) in [6.45, 7) is 0. The zero-order valence-electron chi connectivity index (χ0n) is 18.2. The number of benzene rings is 3. The van der Waals surface area contributed by atoms with E-state index < -0.39 is 0 Å². The highest BCUT2D eigenvalue weighted by Crippen LogP contribution is 2.58. The van der Waals surface area contributed by atoms with Crippen molar-refractivity contribution in [1.82, 2.24) is 0 Å². The van der Waals surface area contributed by atoms with Gasteiger partial charge in [-0.05, 0) is 34.4 Å². The average Bonchev–Trinajstić information content (AvgIpc) is 3.50. The molecule has 1 heterocycles. The molecular weight excluding hydrogens is 410 g/mol. The van der Waals surface area contributed by atoms with Crippen LogP contribution in [0.2, 0.25) is 0 Å². The van der Waals surface area contributed by atoms with Crippen molar-refractivity contribution in [3.8, 4) is 5.75 Å². The van der Waals surface area contributed by atoms with E-state index in [0.717, 1.165) is 16.7 Å². The summed E-state index contributed by atoms with van der Waals surface area (Å²) in [6.07, 6.45) is 4.26. The molecule has 2 aliphatic carbocycles. The lowest BCUT2D eigenvalue weighted by molar-refractivity contribution is -0.122. The molecule has 0 N–H and O–H groups in total. The van der Waals surface area contributed by atoms with E-state index in [1.807, 2.05) is 48.5 Å². The van der Waals surface area contributed by atoms with Gasteiger partial charge in [0.15, 0.2) is 0 Å². The van der Waals surface area contributed by atoms with Gasteiger partial charge in [0, 0.05) is 17.9 Å². The van der Waals surface area contributed by atoms with Crippen molar-refractivity contribution in [2.75, 3.05) is 12.0 Å². The minimum Gasteiger partial charge on any atom is -0.497 e. The number of methoxy groups -OCH3 is 1. The Morgan fingerprint density at radius 2 is 1.27 bits per heavy atom. The first kappa shape index (κ1) is 19.7. The van der Waals surface area contributed by atoms with Gasteiger partial charge < -0.3 is 4.74 Å². The van der Waals surface area contributed by atoms with E-state index in [9.17, 15) is 9.59 Å². The van der Waals surface area contributed by atoms with E-state index in [0.29, 0.717) is 11.4 Å². The third-order valence-electron chi connectivity index (χ3n) is 7.14. The van der Waals surface area contributed by atoms with Gasteiger partial charge in [-0.1, -0.05) is 78.9 Å². The fraction of sp³-hybridized carbons (Fsp3) is 0.172. The normalized spacial score (nSPS) is 25.0. The van der Waals surface area contributed by atoms with Gasteiger partial charge in [-0.3, -0.25) is 9.59 Å². The third-order valence-corrected chi connectivity index (χ3v) is 7.14. The van der Waals surface area contributed by atoms with E-state index in [1.165, 1.54) is 10.5 Å². The first-order valence-electron chi connectivity index (χ1n) is 11.2. The zero-order valence-corrected chi connectivity index (χ0v) is 18.2. The second-order valence-corrected chi connectivity index (χ2v) is 8.76. The molecule has 0 unspecified atom stereocenters. The van der Waals surface area contributed by atoms with E-state index in [2.05, 4.69) is 36.4 Å². The molecule has 1 aliphatic heterocycles. The van der Waals surface area contributed by atoms with Crippen LogP contribution in [-0.2, 0) is 9.59 Å². The first-order chi connectivity index (χ1) is 16.2. The molecule has 0 aromatic heterocycles. The molecular formula is C29H23NO3. The van der Waals surface area contributed by atoms with Crippen LogP contribution in [0.25, 0.3) is 5.57 Å². The Morgan fingerprint density at radius 3 is 1.79 bits per heavy atom. The number of imide groups is 1. The number of carbonyl (C=O) groups is 2. The van der Waals surface area contributed by atoms with Gasteiger partial charge in [0.05, 0.1) is 24.6 Å². The van der Waals surface area contributed by atoms with Gasteiger partial charge in [0.25, 0.3) is 0 Å². The Hall–Kier alpha value is -3.92. The first-order valence-corrected chi connectivity index (χ1v) is 11.2. The smallest absolute Gasteiger partial charge is 0.238 e. The fourth-order valence-corrected chi connectivity index (χ4v) is 5.81. The summed E-state index contributed by atoms with van der Waals surface area (Å²) >= 11 is 0. The predicted octanol–water partition coefficient (Wildman–Crippen LogP) is 5.12. The summed E-state index contributed by atoms with van der Waals surface area (Å²) in [7, 11) is 1.58. The zero-order chi connectivity index (χ0) is 22.5. The predicted molar refractivity (Wildman–Crippen MR) is 127 cm³/mol. The van der Waals surface area contributed by atoms with Crippen molar-refractivity contribution in [3.05, 3.63) is 114 Å². The second kappa shape index (κ2) is 7.59. The monoisotopic (exact) mass is 433 g/mol. The van der Waals surface area contributed by atoms with Crippen molar-refractivity contribution >= 4 is 23.1 Å². The van der Waals surface area contributed by atoms with Crippen molar-refractivity contribution in [2.24, 2.45) is 23.7 Å². The minimum atomic E-state index is -0.365. The van der Waals surface area contributed by atoms with E-state index in [1.54, 1.807) is 19.2 Å². The van der Waals surface area contributed by atoms with Crippen LogP contribution in [0, 0.1) is 23.7 Å². The molecule has 4 atom stereocenters. The summed E-state index contributed by atoms with van der Waals surface area (Å²) in [5, 5.41) is 0. The van der Waals surface area contributed by atoms with Crippen LogP contribution in [0.4, 0.5) is 5.69 Å². The minimum absolute atomic E-state index is 0.0810. The highest BCUT2D eigenvalue weighted by Gasteiger charge is 2.62. The van der Waals surface area contributed by atoms with Gasteiger partial charge in [-0.25, -0.2) is 4.90 Å². The number of allylic oxidation sites excluding steroid dienone is 3. The molecule has 4 nitrogen and oxygen atoms in total. The Labute approximate surface area is 192 Å². The molecule has 1 saturated heterocycles.